The van der Waals surface area contributed by atoms with E-state index in [-0.39, 0.29) is 18.9 Å². The first-order valence-electron chi connectivity index (χ1n) is 2.32. The zero-order chi connectivity index (χ0) is 10.3. The second kappa shape index (κ2) is 9.44. The molecule has 0 aliphatic heterocycles. The molecule has 0 unspecified atom stereocenters. The van der Waals surface area contributed by atoms with Crippen LogP contribution < -0.4 is 23.9 Å². The van der Waals surface area contributed by atoms with Gasteiger partial charge in [-0.15, -0.1) is 0 Å². The number of carboxylic acids is 2. The number of carbonyl (C=O) groups is 2. The summed E-state index contributed by atoms with van der Waals surface area (Å²) >= 11 is 0. The Bertz CT molecular complexity index is 150. The smallest absolute Gasteiger partial charge is 0.824 e. The largest absolute Gasteiger partial charge is 1.00 e. The first kappa shape index (κ1) is 18.2. The van der Waals surface area contributed by atoms with Crippen LogP contribution in [-0.2, 0) is 9.59 Å². The van der Waals surface area contributed by atoms with Crippen molar-refractivity contribution in [3.63, 3.8) is 0 Å². The molecule has 0 radical (unpaired) electrons. The van der Waals surface area contributed by atoms with Crippen LogP contribution in [0.25, 0.3) is 0 Å². The third-order valence-electron chi connectivity index (χ3n) is 0.434. The predicted molar refractivity (Wildman–Crippen MR) is 28.1 cm³/mol. The van der Waals surface area contributed by atoms with Gasteiger partial charge in [-0.2, -0.15) is 0 Å². The second-order valence-corrected chi connectivity index (χ2v) is 1.30. The first-order chi connectivity index (χ1) is 5.29. The summed E-state index contributed by atoms with van der Waals surface area (Å²) in [7, 11) is -3.42. The summed E-state index contributed by atoms with van der Waals surface area (Å²) in [6, 6.07) is 0. The van der Waals surface area contributed by atoms with E-state index in [0.717, 1.165) is 0 Å². The summed E-state index contributed by atoms with van der Waals surface area (Å²) in [4.78, 5) is 18.8. The molecule has 0 rings (SSSR count). The van der Waals surface area contributed by atoms with Crippen LogP contribution in [0.2, 0.25) is 0 Å². The molecule has 0 bridgehead atoms. The molecule has 70 valence electrons. The van der Waals surface area contributed by atoms with Gasteiger partial charge in [-0.1, -0.05) is 0 Å². The summed E-state index contributed by atoms with van der Waals surface area (Å²) in [5.74, 6) is -3.95. The van der Waals surface area contributed by atoms with E-state index < -0.39 is 25.6 Å². The number of halogens is 3. The van der Waals surface area contributed by atoms with E-state index in [4.69, 9.17) is 15.2 Å². The Hall–Kier alpha value is -0.648. The Kier molecular flexibility index (Phi) is 13.2. The molecule has 10 heteroatoms. The molecule has 2 N–H and O–H groups in total. The molecule has 0 saturated carbocycles. The molecular formula is C3H3BF3LiO5. The normalized spacial score (nSPS) is 7.77. The Morgan fingerprint density at radius 2 is 1.38 bits per heavy atom. The van der Waals surface area contributed by atoms with Gasteiger partial charge in [-0.05, 0) is 0 Å². The van der Waals surface area contributed by atoms with Crippen LogP contribution in [0.3, 0.4) is 0 Å². The molecule has 0 amide bonds. The molecule has 0 aliphatic rings. The SMILES string of the molecule is O=C(O)C(F)C(=O)O.[Li+].[O-]B(F)F. The number of hydrogen-bond acceptors (Lipinski definition) is 3. The van der Waals surface area contributed by atoms with E-state index in [1.54, 1.807) is 0 Å². The molecule has 0 spiro atoms. The van der Waals surface area contributed by atoms with Gasteiger partial charge in [0.2, 0.25) is 0 Å². The first-order valence-corrected chi connectivity index (χ1v) is 2.32. The Balaban J connectivity index is -0.000000173. The molecule has 0 aromatic heterocycles. The maximum atomic E-state index is 11.4. The molecular weight excluding hydrogens is 191 g/mol. The van der Waals surface area contributed by atoms with Gasteiger partial charge in [-0.3, -0.25) is 0 Å². The van der Waals surface area contributed by atoms with E-state index in [1.807, 2.05) is 0 Å². The molecule has 0 saturated heterocycles. The van der Waals surface area contributed by atoms with E-state index in [0.29, 0.717) is 0 Å². The van der Waals surface area contributed by atoms with Crippen molar-refractivity contribution in [2.24, 2.45) is 0 Å². The van der Waals surface area contributed by atoms with Gasteiger partial charge in [0.05, 0.1) is 0 Å². The van der Waals surface area contributed by atoms with Crippen LogP contribution in [0.1, 0.15) is 0 Å². The fraction of sp³-hybridized carbons (Fsp3) is 0.333. The molecule has 0 aliphatic carbocycles. The van der Waals surface area contributed by atoms with Crippen LogP contribution in [0, 0.1) is 0 Å². The van der Waals surface area contributed by atoms with Crippen molar-refractivity contribution in [1.29, 1.82) is 0 Å². The standard InChI is InChI=1S/C3H3FO4.BF2O.Li/c4-1(2(5)6)3(7)8;2-1(3)4;/h1H,(H,5,6)(H,7,8);;/q;-1;+1. The summed E-state index contributed by atoms with van der Waals surface area (Å²) in [5, 5.41) is 23.4. The topological polar surface area (TPSA) is 97.7 Å². The fourth-order valence-electron chi connectivity index (χ4n) is 0.106. The van der Waals surface area contributed by atoms with Gasteiger partial charge < -0.3 is 23.9 Å². The van der Waals surface area contributed by atoms with Crippen molar-refractivity contribution in [3.8, 4) is 0 Å². The fourth-order valence-corrected chi connectivity index (χ4v) is 0.106. The van der Waals surface area contributed by atoms with Gasteiger partial charge in [-0.25, -0.2) is 14.0 Å². The predicted octanol–water partition coefficient (Wildman–Crippen LogP) is -4.23. The molecule has 0 heterocycles. The quantitative estimate of drug-likeness (QED) is 0.342. The number of rotatable bonds is 2. The van der Waals surface area contributed by atoms with Crippen molar-refractivity contribution >= 4 is 19.4 Å². The van der Waals surface area contributed by atoms with Crippen molar-refractivity contribution in [2.45, 2.75) is 6.17 Å². The van der Waals surface area contributed by atoms with Crippen LogP contribution in [0.15, 0.2) is 0 Å². The van der Waals surface area contributed by atoms with Gasteiger partial charge in [0, 0.05) is 0 Å². The van der Waals surface area contributed by atoms with E-state index in [2.05, 4.69) is 0 Å². The molecule has 0 atom stereocenters. The van der Waals surface area contributed by atoms with Gasteiger partial charge >= 0.3 is 38.3 Å². The minimum Gasteiger partial charge on any atom is -0.824 e. The molecule has 0 fully saturated rings. The summed E-state index contributed by atoms with van der Waals surface area (Å²) in [5.41, 5.74) is 0. The molecule has 0 aromatic carbocycles. The van der Waals surface area contributed by atoms with Gasteiger partial charge in [0.25, 0.3) is 6.17 Å². The van der Waals surface area contributed by atoms with Crippen LogP contribution in [0.5, 0.6) is 0 Å². The average molecular weight is 194 g/mol. The zero-order valence-electron chi connectivity index (χ0n) is 6.41. The third-order valence-corrected chi connectivity index (χ3v) is 0.434. The zero-order valence-corrected chi connectivity index (χ0v) is 6.41. The molecule has 0 aromatic rings. The number of hydrogen-bond donors (Lipinski definition) is 2. The van der Waals surface area contributed by atoms with Gasteiger partial charge in [0.15, 0.2) is 0 Å². The van der Waals surface area contributed by atoms with Crippen LogP contribution in [0.4, 0.5) is 13.0 Å². The summed E-state index contributed by atoms with van der Waals surface area (Å²) < 4.78 is 31.0. The Morgan fingerprint density at radius 1 is 1.23 bits per heavy atom. The summed E-state index contributed by atoms with van der Waals surface area (Å²) in [6.45, 7) is 0. The van der Waals surface area contributed by atoms with Crippen molar-refractivity contribution in [2.75, 3.05) is 0 Å². The monoisotopic (exact) mass is 194 g/mol. The van der Waals surface area contributed by atoms with E-state index >= 15 is 0 Å². The second-order valence-electron chi connectivity index (χ2n) is 1.30. The average Bonchev–Trinajstić information content (AvgIpc) is 1.84. The van der Waals surface area contributed by atoms with Crippen LogP contribution >= 0.6 is 0 Å². The van der Waals surface area contributed by atoms with E-state index in [1.165, 1.54) is 0 Å². The van der Waals surface area contributed by atoms with Crippen LogP contribution in [-0.4, -0.2) is 35.8 Å². The maximum Gasteiger partial charge on any atom is 1.00 e. The van der Waals surface area contributed by atoms with Crippen molar-refractivity contribution in [1.82, 2.24) is 0 Å². The number of aliphatic carboxylic acids is 2. The van der Waals surface area contributed by atoms with Crippen molar-refractivity contribution in [3.05, 3.63) is 0 Å². The van der Waals surface area contributed by atoms with E-state index in [9.17, 15) is 22.6 Å². The summed E-state index contributed by atoms with van der Waals surface area (Å²) in [6.07, 6.45) is -2.80. The van der Waals surface area contributed by atoms with Gasteiger partial charge in [0.1, 0.15) is 0 Å². The Labute approximate surface area is 82.9 Å². The third kappa shape index (κ3) is 18.4. The maximum absolute atomic E-state index is 11.4. The number of alkyl halides is 1. The molecule has 13 heavy (non-hydrogen) atoms. The van der Waals surface area contributed by atoms with Crippen molar-refractivity contribution < 1.29 is 56.7 Å². The number of carboxylic acid groups (broad SMARTS) is 2. The Morgan fingerprint density at radius 3 is 1.38 bits per heavy atom. The molecule has 5 nitrogen and oxygen atoms in total. The minimum absolute atomic E-state index is 0. The minimum atomic E-state index is -3.42.